The highest BCUT2D eigenvalue weighted by Crippen LogP contribution is 2.26. The molecule has 5 nitrogen and oxygen atoms in total. The first-order valence-corrected chi connectivity index (χ1v) is 7.03. The van der Waals surface area contributed by atoms with Crippen LogP contribution in [-0.2, 0) is 0 Å². The minimum absolute atomic E-state index is 0.440. The van der Waals surface area contributed by atoms with E-state index in [-0.39, 0.29) is 0 Å². The van der Waals surface area contributed by atoms with E-state index in [1.807, 2.05) is 65.7 Å². The van der Waals surface area contributed by atoms with Crippen molar-refractivity contribution in [3.05, 3.63) is 61.1 Å². The Bertz CT molecular complexity index is 717. The van der Waals surface area contributed by atoms with Crippen LogP contribution >= 0.6 is 0 Å². The van der Waals surface area contributed by atoms with Crippen molar-refractivity contribution in [3.8, 4) is 11.4 Å². The number of hydrogen-bond acceptors (Lipinski definition) is 4. The Labute approximate surface area is 122 Å². The zero-order valence-electron chi connectivity index (χ0n) is 11.5. The van der Waals surface area contributed by atoms with Crippen molar-refractivity contribution in [2.75, 3.05) is 18.0 Å². The molecule has 0 N–H and O–H groups in total. The number of hydrogen-bond donors (Lipinski definition) is 0. The highest BCUT2D eigenvalue weighted by atomic mass is 15.4. The lowest BCUT2D eigenvalue weighted by molar-refractivity contribution is 0.366. The molecule has 4 rings (SSSR count). The van der Waals surface area contributed by atoms with E-state index in [9.17, 15) is 0 Å². The molecule has 3 aromatic rings. The lowest BCUT2D eigenvalue weighted by atomic mass is 10.1. The van der Waals surface area contributed by atoms with Gasteiger partial charge in [0.05, 0.1) is 6.04 Å². The monoisotopic (exact) mass is 277 g/mol. The molecule has 0 amide bonds. The van der Waals surface area contributed by atoms with Crippen molar-refractivity contribution in [3.63, 3.8) is 0 Å². The number of anilines is 1. The second-order valence-electron chi connectivity index (χ2n) is 5.15. The van der Waals surface area contributed by atoms with Gasteiger partial charge in [-0.05, 0) is 12.1 Å². The summed E-state index contributed by atoms with van der Waals surface area (Å²) in [5.41, 5.74) is 1.04. The number of aromatic nitrogens is 4. The van der Waals surface area contributed by atoms with Crippen LogP contribution in [0.1, 0.15) is 6.04 Å². The zero-order chi connectivity index (χ0) is 14.1. The lowest BCUT2D eigenvalue weighted by Crippen LogP contribution is -2.48. The van der Waals surface area contributed by atoms with Crippen molar-refractivity contribution in [1.29, 1.82) is 0 Å². The maximum absolute atomic E-state index is 4.67. The van der Waals surface area contributed by atoms with E-state index in [1.165, 1.54) is 0 Å². The molecule has 21 heavy (non-hydrogen) atoms. The molecular weight excluding hydrogens is 262 g/mol. The summed E-state index contributed by atoms with van der Waals surface area (Å²) in [4.78, 5) is 11.3. The van der Waals surface area contributed by atoms with Crippen molar-refractivity contribution >= 4 is 5.82 Å². The topological polar surface area (TPSA) is 46.8 Å². The molecule has 1 saturated heterocycles. The second kappa shape index (κ2) is 5.01. The Hall–Kier alpha value is -2.69. The minimum Gasteiger partial charge on any atom is -0.352 e. The van der Waals surface area contributed by atoms with Gasteiger partial charge in [0.25, 0.3) is 0 Å². The van der Waals surface area contributed by atoms with Crippen molar-refractivity contribution in [1.82, 2.24) is 19.7 Å². The molecule has 0 atom stereocenters. The summed E-state index contributed by atoms with van der Waals surface area (Å²) < 4.78 is 2.01. The first kappa shape index (κ1) is 12.1. The molecule has 0 unspecified atom stereocenters. The van der Waals surface area contributed by atoms with E-state index < -0.39 is 0 Å². The molecule has 5 heteroatoms. The Balaban J connectivity index is 1.52. The maximum atomic E-state index is 4.67. The Morgan fingerprint density at radius 2 is 1.81 bits per heavy atom. The van der Waals surface area contributed by atoms with Gasteiger partial charge in [0.15, 0.2) is 5.82 Å². The van der Waals surface area contributed by atoms with E-state index in [0.717, 1.165) is 30.3 Å². The van der Waals surface area contributed by atoms with Crippen molar-refractivity contribution < 1.29 is 0 Å². The number of benzene rings is 1. The van der Waals surface area contributed by atoms with Crippen LogP contribution in [0, 0.1) is 0 Å². The Morgan fingerprint density at radius 3 is 2.57 bits per heavy atom. The summed E-state index contributed by atoms with van der Waals surface area (Å²) in [5, 5.41) is 4.29. The molecule has 0 radical (unpaired) electrons. The van der Waals surface area contributed by atoms with Crippen molar-refractivity contribution in [2.24, 2.45) is 0 Å². The van der Waals surface area contributed by atoms with Gasteiger partial charge in [0, 0.05) is 37.2 Å². The predicted molar refractivity (Wildman–Crippen MR) is 80.9 cm³/mol. The summed E-state index contributed by atoms with van der Waals surface area (Å²) >= 11 is 0. The van der Waals surface area contributed by atoms with Crippen LogP contribution in [0.4, 0.5) is 5.82 Å². The molecule has 1 fully saturated rings. The fourth-order valence-electron chi connectivity index (χ4n) is 2.56. The third kappa shape index (κ3) is 2.27. The molecule has 0 bridgehead atoms. The van der Waals surface area contributed by atoms with Crippen molar-refractivity contribution in [2.45, 2.75) is 6.04 Å². The quantitative estimate of drug-likeness (QED) is 0.737. The van der Waals surface area contributed by atoms with Crippen LogP contribution in [0.2, 0.25) is 0 Å². The van der Waals surface area contributed by atoms with Gasteiger partial charge < -0.3 is 4.90 Å². The summed E-state index contributed by atoms with van der Waals surface area (Å²) in [6, 6.07) is 14.4. The SMILES string of the molecule is c1ccc(-c2nccc(N3CC(n4cccn4)C3)n2)cc1. The van der Waals surface area contributed by atoms with Crippen LogP contribution in [0.25, 0.3) is 11.4 Å². The van der Waals surface area contributed by atoms with Gasteiger partial charge in [-0.25, -0.2) is 9.97 Å². The zero-order valence-corrected chi connectivity index (χ0v) is 11.5. The van der Waals surface area contributed by atoms with Crippen LogP contribution in [0.3, 0.4) is 0 Å². The van der Waals surface area contributed by atoms with E-state index in [1.54, 1.807) is 0 Å². The number of nitrogens with zero attached hydrogens (tertiary/aromatic N) is 5. The first-order valence-electron chi connectivity index (χ1n) is 7.03. The van der Waals surface area contributed by atoms with E-state index in [2.05, 4.69) is 20.0 Å². The van der Waals surface area contributed by atoms with Gasteiger partial charge in [-0.15, -0.1) is 0 Å². The third-order valence-corrected chi connectivity index (χ3v) is 3.76. The summed E-state index contributed by atoms with van der Waals surface area (Å²) in [5.74, 6) is 1.75. The molecule has 1 aliphatic heterocycles. The molecule has 2 aromatic heterocycles. The summed E-state index contributed by atoms with van der Waals surface area (Å²) in [6.07, 6.45) is 5.66. The normalized spacial score (nSPS) is 15.0. The van der Waals surface area contributed by atoms with Crippen LogP contribution < -0.4 is 4.90 Å². The molecular formula is C16H15N5. The number of rotatable bonds is 3. The Morgan fingerprint density at radius 1 is 0.952 bits per heavy atom. The van der Waals surface area contributed by atoms with Gasteiger partial charge in [-0.3, -0.25) is 4.68 Å². The second-order valence-corrected chi connectivity index (χ2v) is 5.15. The largest absolute Gasteiger partial charge is 0.352 e. The molecule has 0 spiro atoms. The van der Waals surface area contributed by atoms with E-state index >= 15 is 0 Å². The smallest absolute Gasteiger partial charge is 0.161 e. The van der Waals surface area contributed by atoms with Crippen LogP contribution in [0.5, 0.6) is 0 Å². The average molecular weight is 277 g/mol. The van der Waals surface area contributed by atoms with Gasteiger partial charge in [-0.2, -0.15) is 5.10 Å². The van der Waals surface area contributed by atoms with Gasteiger partial charge >= 0.3 is 0 Å². The molecule has 0 saturated carbocycles. The van der Waals surface area contributed by atoms with E-state index in [0.29, 0.717) is 6.04 Å². The minimum atomic E-state index is 0.440. The summed E-state index contributed by atoms with van der Waals surface area (Å²) in [7, 11) is 0. The molecule has 104 valence electrons. The van der Waals surface area contributed by atoms with Gasteiger partial charge in [0.2, 0.25) is 0 Å². The molecule has 3 heterocycles. The van der Waals surface area contributed by atoms with Gasteiger partial charge in [0.1, 0.15) is 5.82 Å². The molecule has 1 aliphatic rings. The average Bonchev–Trinajstić information content (AvgIpc) is 3.01. The third-order valence-electron chi connectivity index (χ3n) is 3.76. The summed E-state index contributed by atoms with van der Waals surface area (Å²) in [6.45, 7) is 1.87. The fraction of sp³-hybridized carbons (Fsp3) is 0.188. The van der Waals surface area contributed by atoms with E-state index in [4.69, 9.17) is 0 Å². The fourth-order valence-corrected chi connectivity index (χ4v) is 2.56. The predicted octanol–water partition coefficient (Wildman–Crippen LogP) is 2.40. The Kier molecular flexibility index (Phi) is 2.88. The first-order chi connectivity index (χ1) is 10.4. The van der Waals surface area contributed by atoms with Gasteiger partial charge in [-0.1, -0.05) is 30.3 Å². The lowest BCUT2D eigenvalue weighted by Gasteiger charge is -2.40. The highest BCUT2D eigenvalue weighted by Gasteiger charge is 2.29. The maximum Gasteiger partial charge on any atom is 0.161 e. The molecule has 0 aliphatic carbocycles. The van der Waals surface area contributed by atoms with Crippen LogP contribution in [-0.4, -0.2) is 32.8 Å². The highest BCUT2D eigenvalue weighted by molar-refractivity contribution is 5.57. The standard InChI is InChI=1S/C16H15N5/c1-2-5-13(6-3-1)16-17-9-7-15(19-16)20-11-14(12-20)21-10-4-8-18-21/h1-10,14H,11-12H2. The van der Waals surface area contributed by atoms with Crippen LogP contribution in [0.15, 0.2) is 61.1 Å². The molecule has 1 aromatic carbocycles.